The lowest BCUT2D eigenvalue weighted by Crippen LogP contribution is -2.23. The van der Waals surface area contributed by atoms with Crippen LogP contribution < -0.4 is 15.1 Å². The summed E-state index contributed by atoms with van der Waals surface area (Å²) in [5, 5.41) is 4.32. The maximum Gasteiger partial charge on any atom is 0.416 e. The van der Waals surface area contributed by atoms with Crippen LogP contribution in [0.1, 0.15) is 30.5 Å². The number of anilines is 2. The van der Waals surface area contributed by atoms with Crippen molar-refractivity contribution in [2.24, 2.45) is 0 Å². The van der Waals surface area contributed by atoms with Crippen molar-refractivity contribution in [1.82, 2.24) is 4.57 Å². The lowest BCUT2D eigenvalue weighted by molar-refractivity contribution is -0.137. The molecule has 0 aliphatic carbocycles. The van der Waals surface area contributed by atoms with Crippen LogP contribution in [-0.2, 0) is 17.5 Å². The topological polar surface area (TPSA) is 54.3 Å². The number of hydrogen-bond donors (Lipinski definition) is 1. The first-order valence-electron chi connectivity index (χ1n) is 8.66. The van der Waals surface area contributed by atoms with Gasteiger partial charge < -0.3 is 14.8 Å². The number of nitrogens with zero attached hydrogens (tertiary/aromatic N) is 2. The Morgan fingerprint density at radius 1 is 1.26 bits per heavy atom. The summed E-state index contributed by atoms with van der Waals surface area (Å²) in [5.41, 5.74) is 0.712. The van der Waals surface area contributed by atoms with Crippen LogP contribution in [0.3, 0.4) is 0 Å². The van der Waals surface area contributed by atoms with E-state index in [-0.39, 0.29) is 23.5 Å². The Hall–Kier alpha value is -2.29. The molecule has 0 saturated carbocycles. The zero-order valence-electron chi connectivity index (χ0n) is 14.8. The van der Waals surface area contributed by atoms with E-state index in [0.29, 0.717) is 5.69 Å². The van der Waals surface area contributed by atoms with E-state index < -0.39 is 17.6 Å². The molecule has 27 heavy (non-hydrogen) atoms. The fraction of sp³-hybridized carbons (Fsp3) is 0.444. The van der Waals surface area contributed by atoms with Gasteiger partial charge in [-0.2, -0.15) is 13.2 Å². The fourth-order valence-corrected chi connectivity index (χ4v) is 3.91. The number of thiazole rings is 1. The Morgan fingerprint density at radius 2 is 1.96 bits per heavy atom. The Morgan fingerprint density at radius 3 is 2.56 bits per heavy atom. The predicted molar refractivity (Wildman–Crippen MR) is 99.5 cm³/mol. The van der Waals surface area contributed by atoms with Crippen molar-refractivity contribution in [3.05, 3.63) is 44.5 Å². The van der Waals surface area contributed by atoms with E-state index in [1.807, 2.05) is 4.90 Å². The molecular formula is C18H20F3N3O2S. The van der Waals surface area contributed by atoms with E-state index >= 15 is 0 Å². The molecule has 9 heteroatoms. The molecule has 2 aromatic rings. The minimum Gasteiger partial charge on any atom is -0.370 e. The average molecular weight is 399 g/mol. The first-order valence-corrected chi connectivity index (χ1v) is 9.54. The smallest absolute Gasteiger partial charge is 0.370 e. The number of aryl methyl sites for hydroxylation is 1. The van der Waals surface area contributed by atoms with Gasteiger partial charge in [-0.25, -0.2) is 0 Å². The van der Waals surface area contributed by atoms with Gasteiger partial charge >= 0.3 is 11.0 Å². The molecule has 0 unspecified atom stereocenters. The zero-order valence-corrected chi connectivity index (χ0v) is 15.6. The van der Waals surface area contributed by atoms with E-state index in [1.165, 1.54) is 10.6 Å². The van der Waals surface area contributed by atoms with E-state index in [2.05, 4.69) is 5.32 Å². The van der Waals surface area contributed by atoms with Gasteiger partial charge in [0.25, 0.3) is 0 Å². The fourth-order valence-electron chi connectivity index (χ4n) is 3.15. The van der Waals surface area contributed by atoms with Crippen molar-refractivity contribution < 1.29 is 18.0 Å². The highest BCUT2D eigenvalue weighted by atomic mass is 32.1. The largest absolute Gasteiger partial charge is 0.416 e. The van der Waals surface area contributed by atoms with E-state index in [1.54, 1.807) is 12.3 Å². The molecule has 1 aromatic heterocycles. The second-order valence-corrected chi connectivity index (χ2v) is 7.34. The van der Waals surface area contributed by atoms with Gasteiger partial charge in [0.2, 0.25) is 5.91 Å². The van der Waals surface area contributed by atoms with Crippen LogP contribution in [0.2, 0.25) is 0 Å². The van der Waals surface area contributed by atoms with Gasteiger partial charge in [0.05, 0.1) is 16.9 Å². The molecule has 0 spiro atoms. The van der Waals surface area contributed by atoms with Gasteiger partial charge in [-0.3, -0.25) is 9.59 Å². The number of benzene rings is 1. The van der Waals surface area contributed by atoms with Gasteiger partial charge in [-0.15, -0.1) is 0 Å². The number of nitrogens with one attached hydrogen (secondary N) is 1. The average Bonchev–Trinajstić information content (AvgIpc) is 3.23. The SMILES string of the molecule is Cc1csc(=O)n1CCC(=O)Nc1cc(C(F)(F)F)ccc1N1CCCC1. The van der Waals surface area contributed by atoms with Crippen molar-refractivity contribution in [2.45, 2.75) is 38.9 Å². The van der Waals surface area contributed by atoms with Gasteiger partial charge in [-0.05, 0) is 38.0 Å². The predicted octanol–water partition coefficient (Wildman–Crippen LogP) is 3.87. The first-order chi connectivity index (χ1) is 12.8. The highest BCUT2D eigenvalue weighted by molar-refractivity contribution is 7.07. The Labute approximate surface area is 158 Å². The van der Waals surface area contributed by atoms with Crippen molar-refractivity contribution in [3.63, 3.8) is 0 Å². The molecule has 1 fully saturated rings. The summed E-state index contributed by atoms with van der Waals surface area (Å²) in [7, 11) is 0. The molecular weight excluding hydrogens is 379 g/mol. The van der Waals surface area contributed by atoms with Crippen LogP contribution in [0.5, 0.6) is 0 Å². The summed E-state index contributed by atoms with van der Waals surface area (Å²) < 4.78 is 40.7. The molecule has 0 atom stereocenters. The molecule has 1 saturated heterocycles. The molecule has 1 amide bonds. The van der Waals surface area contributed by atoms with Crippen LogP contribution in [0.4, 0.5) is 24.5 Å². The summed E-state index contributed by atoms with van der Waals surface area (Å²) in [6.07, 6.45) is -2.54. The van der Waals surface area contributed by atoms with Gasteiger partial charge in [0, 0.05) is 37.1 Å². The highest BCUT2D eigenvalue weighted by Crippen LogP contribution is 2.36. The van der Waals surface area contributed by atoms with Crippen molar-refractivity contribution >= 4 is 28.6 Å². The van der Waals surface area contributed by atoms with Gasteiger partial charge in [-0.1, -0.05) is 11.3 Å². The van der Waals surface area contributed by atoms with Crippen LogP contribution in [0, 0.1) is 6.92 Å². The van der Waals surface area contributed by atoms with Crippen LogP contribution in [-0.4, -0.2) is 23.6 Å². The molecule has 0 radical (unpaired) electrons. The molecule has 1 N–H and O–H groups in total. The minimum absolute atomic E-state index is 0.00711. The zero-order chi connectivity index (χ0) is 19.6. The molecule has 1 aliphatic rings. The molecule has 2 heterocycles. The van der Waals surface area contributed by atoms with Gasteiger partial charge in [0.1, 0.15) is 0 Å². The molecule has 0 bridgehead atoms. The molecule has 3 rings (SSSR count). The Kier molecular flexibility index (Phi) is 5.59. The Balaban J connectivity index is 1.78. The summed E-state index contributed by atoms with van der Waals surface area (Å²) in [6.45, 7) is 3.46. The second-order valence-electron chi connectivity index (χ2n) is 6.52. The molecule has 1 aliphatic heterocycles. The normalized spacial score (nSPS) is 14.6. The number of carbonyl (C=O) groups excluding carboxylic acids is 1. The summed E-state index contributed by atoms with van der Waals surface area (Å²) >= 11 is 1.05. The number of rotatable bonds is 5. The first kappa shape index (κ1) is 19.5. The maximum absolute atomic E-state index is 13.1. The number of amides is 1. The van der Waals surface area contributed by atoms with Crippen LogP contribution >= 0.6 is 11.3 Å². The van der Waals surface area contributed by atoms with E-state index in [0.717, 1.165) is 55.1 Å². The Bertz CT molecular complexity index is 883. The van der Waals surface area contributed by atoms with Gasteiger partial charge in [0.15, 0.2) is 0 Å². The lowest BCUT2D eigenvalue weighted by atomic mass is 10.1. The van der Waals surface area contributed by atoms with Crippen molar-refractivity contribution in [1.29, 1.82) is 0 Å². The second kappa shape index (κ2) is 7.75. The standard InChI is InChI=1S/C18H20F3N3O2S/c1-12-11-27-17(26)24(12)9-6-16(25)22-14-10-13(18(19,20)21)4-5-15(14)23-7-2-3-8-23/h4-5,10-11H,2-3,6-9H2,1H3,(H,22,25). The number of aromatic nitrogens is 1. The third-order valence-corrected chi connectivity index (χ3v) is 5.46. The summed E-state index contributed by atoms with van der Waals surface area (Å²) in [5.74, 6) is -0.424. The number of carbonyl (C=O) groups is 1. The maximum atomic E-state index is 13.1. The van der Waals surface area contributed by atoms with Crippen molar-refractivity contribution in [2.75, 3.05) is 23.3 Å². The number of halogens is 3. The molecule has 146 valence electrons. The minimum atomic E-state index is -4.48. The third-order valence-electron chi connectivity index (χ3n) is 4.58. The molecule has 1 aromatic carbocycles. The van der Waals surface area contributed by atoms with E-state index in [4.69, 9.17) is 0 Å². The highest BCUT2D eigenvalue weighted by Gasteiger charge is 2.32. The summed E-state index contributed by atoms with van der Waals surface area (Å²) in [6, 6.07) is 3.43. The van der Waals surface area contributed by atoms with Crippen LogP contribution in [0.15, 0.2) is 28.4 Å². The van der Waals surface area contributed by atoms with E-state index in [9.17, 15) is 22.8 Å². The lowest BCUT2D eigenvalue weighted by Gasteiger charge is -2.23. The quantitative estimate of drug-likeness (QED) is 0.831. The third kappa shape index (κ3) is 4.52. The number of alkyl halides is 3. The van der Waals surface area contributed by atoms with Crippen LogP contribution in [0.25, 0.3) is 0 Å². The monoisotopic (exact) mass is 399 g/mol. The van der Waals surface area contributed by atoms with Crippen molar-refractivity contribution in [3.8, 4) is 0 Å². The number of hydrogen-bond acceptors (Lipinski definition) is 4. The molecule has 5 nitrogen and oxygen atoms in total. The summed E-state index contributed by atoms with van der Waals surface area (Å²) in [4.78, 5) is 25.9.